The summed E-state index contributed by atoms with van der Waals surface area (Å²) in [6.45, 7) is 17.6. The number of nitrogens with zero attached hydrogens (tertiary/aromatic N) is 1. The van der Waals surface area contributed by atoms with Gasteiger partial charge in [-0.15, -0.1) is 0 Å². The minimum absolute atomic E-state index is 0.131. The summed E-state index contributed by atoms with van der Waals surface area (Å²) in [4.78, 5) is 26.7. The van der Waals surface area contributed by atoms with Crippen molar-refractivity contribution in [1.82, 2.24) is 5.32 Å². The first-order chi connectivity index (χ1) is 20.9. The molecule has 2 aromatic carbocycles. The number of carbonyl (C=O) groups excluding carboxylic acids is 1. The number of nitroso groups, excluding NO2 is 1. The Morgan fingerprint density at radius 3 is 1.84 bits per heavy atom. The van der Waals surface area contributed by atoms with E-state index >= 15 is 0 Å². The predicted octanol–water partition coefficient (Wildman–Crippen LogP) is 9.23. The first kappa shape index (κ1) is 31.5. The third-order valence-corrected chi connectivity index (χ3v) is 13.7. The number of hydrogen-bond donors (Lipinski definition) is 1. The molecule has 4 nitrogen and oxygen atoms in total. The van der Waals surface area contributed by atoms with Crippen molar-refractivity contribution < 1.29 is 9.55 Å². The van der Waals surface area contributed by atoms with Gasteiger partial charge in [-0.1, -0.05) is 90.1 Å². The van der Waals surface area contributed by atoms with Gasteiger partial charge in [0.25, 0.3) is 0 Å². The van der Waals surface area contributed by atoms with Crippen LogP contribution >= 0.6 is 0 Å². The largest absolute Gasteiger partial charge is 0.355 e. The van der Waals surface area contributed by atoms with Crippen LogP contribution < -0.4 is 5.32 Å². The van der Waals surface area contributed by atoms with Crippen LogP contribution in [0.25, 0.3) is 0 Å². The Balaban J connectivity index is 1.18. The van der Waals surface area contributed by atoms with E-state index in [4.69, 9.17) is 0 Å². The number of carbonyl (C=O) groups is 1. The van der Waals surface area contributed by atoms with Crippen LogP contribution in [0.5, 0.6) is 0 Å². The van der Waals surface area contributed by atoms with Gasteiger partial charge in [-0.05, 0) is 107 Å². The van der Waals surface area contributed by atoms with Crippen LogP contribution in [-0.4, -0.2) is 29.8 Å². The molecule has 1 aliphatic heterocycles. The van der Waals surface area contributed by atoms with Gasteiger partial charge in [0.1, 0.15) is 0 Å². The molecule has 0 radical (unpaired) electrons. The number of hydrogen-bond acceptors (Lipinski definition) is 2. The number of piperidine rings is 1. The van der Waals surface area contributed by atoms with E-state index in [-0.39, 0.29) is 23.3 Å². The molecule has 3 saturated carbocycles. The van der Waals surface area contributed by atoms with E-state index in [1.165, 1.54) is 54.4 Å². The predicted molar refractivity (Wildman–Crippen MR) is 180 cm³/mol. The highest BCUT2D eigenvalue weighted by Gasteiger charge is 2.62. The summed E-state index contributed by atoms with van der Waals surface area (Å²) < 4.78 is 1.37. The first-order valence-electron chi connectivity index (χ1n) is 17.8. The molecule has 3 aliphatic carbocycles. The molecule has 0 bridgehead atoms. The van der Waals surface area contributed by atoms with E-state index in [1.807, 2.05) is 0 Å². The van der Waals surface area contributed by atoms with E-state index in [0.717, 1.165) is 41.8 Å². The van der Waals surface area contributed by atoms with Gasteiger partial charge in [0, 0.05) is 35.5 Å². The minimum atomic E-state index is -0.303. The molecule has 2 aromatic rings. The van der Waals surface area contributed by atoms with Crippen molar-refractivity contribution in [1.29, 1.82) is 0 Å². The molecule has 1 saturated heterocycles. The number of fused-ring (bicyclic) bond motifs is 5. The average Bonchev–Trinajstić information content (AvgIpc) is 3.35. The number of nitrogens with one attached hydrogen (secondary N) is 1. The van der Waals surface area contributed by atoms with E-state index in [1.54, 1.807) is 0 Å². The summed E-state index contributed by atoms with van der Waals surface area (Å²) in [6.07, 6.45) is 8.60. The van der Waals surface area contributed by atoms with E-state index in [0.29, 0.717) is 35.6 Å². The number of rotatable bonds is 7. The van der Waals surface area contributed by atoms with Crippen LogP contribution in [0.3, 0.4) is 0 Å². The second kappa shape index (κ2) is 12.0. The van der Waals surface area contributed by atoms with Gasteiger partial charge < -0.3 is 5.32 Å². The van der Waals surface area contributed by atoms with E-state index < -0.39 is 0 Å². The van der Waals surface area contributed by atoms with Crippen molar-refractivity contribution in [2.45, 2.75) is 117 Å². The van der Waals surface area contributed by atoms with Gasteiger partial charge in [-0.3, -0.25) is 4.79 Å². The summed E-state index contributed by atoms with van der Waals surface area (Å²) in [5.74, 6) is 4.08. The van der Waals surface area contributed by atoms with Gasteiger partial charge in [0.05, 0.1) is 5.92 Å². The zero-order chi connectivity index (χ0) is 31.4. The molecule has 1 unspecified atom stereocenters. The summed E-state index contributed by atoms with van der Waals surface area (Å²) in [5, 5.41) is 3.51. The van der Waals surface area contributed by atoms with Crippen molar-refractivity contribution in [3.63, 3.8) is 0 Å². The molecular weight excluding hydrogens is 540 g/mol. The Bertz CT molecular complexity index is 1290. The Kier molecular flexibility index (Phi) is 8.61. The van der Waals surface area contributed by atoms with Gasteiger partial charge >= 0.3 is 0 Å². The van der Waals surface area contributed by atoms with Crippen LogP contribution in [0.4, 0.5) is 0 Å². The molecule has 4 aliphatic rings. The second-order valence-electron chi connectivity index (χ2n) is 16.3. The second-order valence-corrected chi connectivity index (χ2v) is 16.3. The van der Waals surface area contributed by atoms with Crippen LogP contribution in [0.15, 0.2) is 48.5 Å². The van der Waals surface area contributed by atoms with Crippen molar-refractivity contribution in [2.75, 3.05) is 13.1 Å². The highest BCUT2D eigenvalue weighted by molar-refractivity contribution is 5.87. The molecular formula is C40H57N2O2+. The minimum Gasteiger partial charge on any atom is -0.355 e. The molecule has 1 amide bonds. The Hall–Kier alpha value is -2.49. The lowest BCUT2D eigenvalue weighted by Gasteiger charge is -2.59. The maximum Gasteiger partial charge on any atom is 0.232 e. The van der Waals surface area contributed by atoms with Crippen LogP contribution in [0, 0.1) is 45.3 Å². The third-order valence-electron chi connectivity index (χ3n) is 13.7. The standard InChI is InChI=1S/C40H56N2O2/c1-25(2)28-8-12-30(13-9-28)37(31-14-10-29(11-15-31)26(3)4)38(43)41-24-32-16-18-35-33-17-19-34-27(5)42(44)23-22-40(34,7)36(33)20-21-39(32,35)6/h8-15,25-27,32-37H,16-24H2,1-7H3/p+1/t27?,32-,33+,34+,35+,36+,39-,40+/m1/s1. The molecule has 4 fully saturated rings. The van der Waals surface area contributed by atoms with Crippen molar-refractivity contribution in [3.8, 4) is 0 Å². The maximum atomic E-state index is 14.1. The average molecular weight is 598 g/mol. The van der Waals surface area contributed by atoms with Crippen molar-refractivity contribution in [2.24, 2.45) is 40.4 Å². The van der Waals surface area contributed by atoms with Crippen LogP contribution in [0.2, 0.25) is 0 Å². The van der Waals surface area contributed by atoms with Gasteiger partial charge in [0.2, 0.25) is 11.9 Å². The summed E-state index contributed by atoms with van der Waals surface area (Å²) in [5.41, 5.74) is 5.35. The molecule has 1 N–H and O–H groups in total. The fourth-order valence-corrected chi connectivity index (χ4v) is 10.8. The fraction of sp³-hybridized carbons (Fsp3) is 0.675. The summed E-state index contributed by atoms with van der Waals surface area (Å²) in [7, 11) is 0. The van der Waals surface area contributed by atoms with Crippen LogP contribution in [0.1, 0.15) is 133 Å². The lowest BCUT2D eigenvalue weighted by atomic mass is 9.45. The normalized spacial score (nSPS) is 35.0. The van der Waals surface area contributed by atoms with Crippen molar-refractivity contribution >= 4 is 5.91 Å². The van der Waals surface area contributed by atoms with E-state index in [9.17, 15) is 9.70 Å². The lowest BCUT2D eigenvalue weighted by Crippen LogP contribution is -2.58. The molecule has 0 spiro atoms. The van der Waals surface area contributed by atoms with Crippen LogP contribution in [-0.2, 0) is 4.79 Å². The molecule has 0 aromatic heterocycles. The fourth-order valence-electron chi connectivity index (χ4n) is 10.8. The van der Waals surface area contributed by atoms with Gasteiger partial charge in [0.15, 0.2) is 6.54 Å². The lowest BCUT2D eigenvalue weighted by molar-refractivity contribution is -0.612. The molecule has 238 valence electrons. The quantitative estimate of drug-likeness (QED) is 0.324. The summed E-state index contributed by atoms with van der Waals surface area (Å²) >= 11 is 0. The smallest absolute Gasteiger partial charge is 0.232 e. The molecule has 4 heteroatoms. The zero-order valence-electron chi connectivity index (χ0n) is 28.4. The Morgan fingerprint density at radius 2 is 1.27 bits per heavy atom. The molecule has 8 atom stereocenters. The van der Waals surface area contributed by atoms with E-state index in [2.05, 4.69) is 102 Å². The highest BCUT2D eigenvalue weighted by atomic mass is 16.3. The maximum absolute atomic E-state index is 14.1. The van der Waals surface area contributed by atoms with Gasteiger partial charge in [-0.2, -0.15) is 0 Å². The Morgan fingerprint density at radius 1 is 0.750 bits per heavy atom. The Labute approximate surface area is 266 Å². The van der Waals surface area contributed by atoms with Crippen molar-refractivity contribution in [3.05, 3.63) is 75.7 Å². The highest BCUT2D eigenvalue weighted by Crippen LogP contribution is 2.66. The number of benzene rings is 2. The zero-order valence-corrected chi connectivity index (χ0v) is 28.4. The SMILES string of the molecule is CC(C)c1ccc(C(C(=O)NC[C@H]2CC[C@H]3[C@@H]4CC[C@H]5C(C)[N+](=O)CC[C@]5(C)[C@H]4CC[C@]23C)c2ccc(C(C)C)cc2)cc1. The molecule has 44 heavy (non-hydrogen) atoms. The topological polar surface area (TPSA) is 49.2 Å². The monoisotopic (exact) mass is 597 g/mol. The molecule has 6 rings (SSSR count). The number of amides is 1. The first-order valence-corrected chi connectivity index (χ1v) is 17.8. The molecule has 1 heterocycles. The third kappa shape index (κ3) is 5.36. The van der Waals surface area contributed by atoms with Gasteiger partial charge in [-0.25, -0.2) is 0 Å². The summed E-state index contributed by atoms with van der Waals surface area (Å²) in [6, 6.07) is 17.6.